The van der Waals surface area contributed by atoms with Gasteiger partial charge in [-0.15, -0.1) is 0 Å². The molecule has 0 saturated carbocycles. The van der Waals surface area contributed by atoms with Crippen LogP contribution in [0.4, 0.5) is 5.69 Å². The topological polar surface area (TPSA) is 58.4 Å². The second-order valence-electron chi connectivity index (χ2n) is 5.53. The molecule has 3 N–H and O–H groups in total. The molecule has 1 aromatic carbocycles. The highest BCUT2D eigenvalue weighted by Crippen LogP contribution is 2.19. The molecule has 2 rings (SSSR count). The van der Waals surface area contributed by atoms with Crippen LogP contribution in [0.5, 0.6) is 0 Å². The average Bonchev–Trinajstić information content (AvgIpc) is 2.83. The second-order valence-corrected chi connectivity index (χ2v) is 5.53. The molecule has 0 bridgehead atoms. The summed E-state index contributed by atoms with van der Waals surface area (Å²) >= 11 is 0. The summed E-state index contributed by atoms with van der Waals surface area (Å²) in [5.41, 5.74) is 8.52. The van der Waals surface area contributed by atoms with E-state index in [1.807, 2.05) is 26.0 Å². The molecule has 0 unspecified atom stereocenters. The highest BCUT2D eigenvalue weighted by Gasteiger charge is 2.14. The number of carbonyl (C=O) groups excluding carboxylic acids is 1. The van der Waals surface area contributed by atoms with Crippen LogP contribution in [0.15, 0.2) is 18.2 Å². The number of rotatable bonds is 4. The molecule has 4 nitrogen and oxygen atoms in total. The molecule has 1 aliphatic heterocycles. The van der Waals surface area contributed by atoms with Gasteiger partial charge in [-0.25, -0.2) is 0 Å². The number of nitrogen functional groups attached to an aromatic ring is 1. The molecule has 1 aromatic rings. The predicted molar refractivity (Wildman–Crippen MR) is 78.0 cm³/mol. The van der Waals surface area contributed by atoms with Crippen molar-refractivity contribution < 1.29 is 4.79 Å². The van der Waals surface area contributed by atoms with Crippen molar-refractivity contribution in [1.82, 2.24) is 10.2 Å². The van der Waals surface area contributed by atoms with E-state index in [0.717, 1.165) is 25.2 Å². The van der Waals surface area contributed by atoms with Crippen LogP contribution in [0, 0.1) is 0 Å². The van der Waals surface area contributed by atoms with E-state index in [-0.39, 0.29) is 11.9 Å². The molecule has 1 saturated heterocycles. The van der Waals surface area contributed by atoms with Crippen molar-refractivity contribution in [2.45, 2.75) is 39.3 Å². The molecule has 0 atom stereocenters. The average molecular weight is 261 g/mol. The lowest BCUT2D eigenvalue weighted by Crippen LogP contribution is -2.30. The molecule has 0 radical (unpaired) electrons. The standard InChI is InChI=1S/C15H23N3O/c1-11(2)17-15(19)12-5-6-13(14(16)9-12)10-18-7-3-4-8-18/h5-6,9,11H,3-4,7-8,10,16H2,1-2H3,(H,17,19). The first-order valence-electron chi connectivity index (χ1n) is 6.98. The molecule has 1 aliphatic rings. The Labute approximate surface area is 115 Å². The fraction of sp³-hybridized carbons (Fsp3) is 0.533. The molecular formula is C15H23N3O. The lowest BCUT2D eigenvalue weighted by Gasteiger charge is -2.16. The van der Waals surface area contributed by atoms with Gasteiger partial charge in [0, 0.05) is 23.8 Å². The van der Waals surface area contributed by atoms with E-state index in [1.54, 1.807) is 6.07 Å². The van der Waals surface area contributed by atoms with Crippen LogP contribution in [0.3, 0.4) is 0 Å². The van der Waals surface area contributed by atoms with Crippen molar-refractivity contribution in [3.8, 4) is 0 Å². The zero-order valence-corrected chi connectivity index (χ0v) is 11.8. The van der Waals surface area contributed by atoms with Crippen LogP contribution in [0.2, 0.25) is 0 Å². The van der Waals surface area contributed by atoms with Crippen LogP contribution in [-0.2, 0) is 6.54 Å². The third-order valence-corrected chi connectivity index (χ3v) is 3.42. The molecular weight excluding hydrogens is 238 g/mol. The first-order chi connectivity index (χ1) is 9.06. The summed E-state index contributed by atoms with van der Waals surface area (Å²) in [5, 5.41) is 2.87. The Morgan fingerprint density at radius 2 is 2.05 bits per heavy atom. The summed E-state index contributed by atoms with van der Waals surface area (Å²) in [6.45, 7) is 7.08. The first kappa shape index (κ1) is 13.9. The van der Waals surface area contributed by atoms with Crippen LogP contribution in [0.25, 0.3) is 0 Å². The number of anilines is 1. The molecule has 1 amide bonds. The number of benzene rings is 1. The van der Waals surface area contributed by atoms with Crippen molar-refractivity contribution in [2.24, 2.45) is 0 Å². The molecule has 0 spiro atoms. The van der Waals surface area contributed by atoms with Crippen molar-refractivity contribution in [1.29, 1.82) is 0 Å². The zero-order chi connectivity index (χ0) is 13.8. The van der Waals surface area contributed by atoms with Crippen LogP contribution < -0.4 is 11.1 Å². The Balaban J connectivity index is 2.05. The van der Waals surface area contributed by atoms with E-state index in [9.17, 15) is 4.79 Å². The minimum atomic E-state index is -0.0607. The van der Waals surface area contributed by atoms with E-state index in [1.165, 1.54) is 12.8 Å². The summed E-state index contributed by atoms with van der Waals surface area (Å²) in [7, 11) is 0. The fourth-order valence-electron chi connectivity index (χ4n) is 2.41. The molecule has 1 heterocycles. The van der Waals surface area contributed by atoms with E-state index >= 15 is 0 Å². The predicted octanol–water partition coefficient (Wildman–Crippen LogP) is 2.00. The van der Waals surface area contributed by atoms with Crippen molar-refractivity contribution >= 4 is 11.6 Å². The number of nitrogens with one attached hydrogen (secondary N) is 1. The third-order valence-electron chi connectivity index (χ3n) is 3.42. The molecule has 19 heavy (non-hydrogen) atoms. The maximum atomic E-state index is 11.9. The van der Waals surface area contributed by atoms with Gasteiger partial charge in [0.05, 0.1) is 0 Å². The summed E-state index contributed by atoms with van der Waals surface area (Å²) in [6.07, 6.45) is 2.55. The monoisotopic (exact) mass is 261 g/mol. The van der Waals surface area contributed by atoms with Gasteiger partial charge in [-0.2, -0.15) is 0 Å². The highest BCUT2D eigenvalue weighted by molar-refractivity contribution is 5.95. The minimum absolute atomic E-state index is 0.0607. The quantitative estimate of drug-likeness (QED) is 0.815. The largest absolute Gasteiger partial charge is 0.398 e. The van der Waals surface area contributed by atoms with Crippen molar-refractivity contribution in [2.75, 3.05) is 18.8 Å². The smallest absolute Gasteiger partial charge is 0.251 e. The van der Waals surface area contributed by atoms with Gasteiger partial charge < -0.3 is 11.1 Å². The summed E-state index contributed by atoms with van der Waals surface area (Å²) in [4.78, 5) is 14.3. The number of hydrogen-bond donors (Lipinski definition) is 2. The Morgan fingerprint density at radius 1 is 1.37 bits per heavy atom. The van der Waals surface area contributed by atoms with Gasteiger partial charge in [0.25, 0.3) is 5.91 Å². The number of carbonyl (C=O) groups is 1. The molecule has 4 heteroatoms. The fourth-order valence-corrected chi connectivity index (χ4v) is 2.41. The Kier molecular flexibility index (Phi) is 4.43. The molecule has 1 fully saturated rings. The third kappa shape index (κ3) is 3.70. The molecule has 0 aromatic heterocycles. The van der Waals surface area contributed by atoms with E-state index < -0.39 is 0 Å². The normalized spacial score (nSPS) is 15.9. The summed E-state index contributed by atoms with van der Waals surface area (Å²) < 4.78 is 0. The maximum Gasteiger partial charge on any atom is 0.251 e. The minimum Gasteiger partial charge on any atom is -0.398 e. The summed E-state index contributed by atoms with van der Waals surface area (Å²) in [5.74, 6) is -0.0607. The van der Waals surface area contributed by atoms with Gasteiger partial charge in [0.1, 0.15) is 0 Å². The lowest BCUT2D eigenvalue weighted by molar-refractivity contribution is 0.0943. The van der Waals surface area contributed by atoms with Crippen LogP contribution in [0.1, 0.15) is 42.6 Å². The first-order valence-corrected chi connectivity index (χ1v) is 6.98. The van der Waals surface area contributed by atoms with Crippen molar-refractivity contribution in [3.63, 3.8) is 0 Å². The highest BCUT2D eigenvalue weighted by atomic mass is 16.1. The Hall–Kier alpha value is -1.55. The van der Waals surface area contributed by atoms with E-state index in [0.29, 0.717) is 11.3 Å². The lowest BCUT2D eigenvalue weighted by atomic mass is 10.1. The van der Waals surface area contributed by atoms with Gasteiger partial charge in [-0.05, 0) is 57.5 Å². The number of nitrogens with zero attached hydrogens (tertiary/aromatic N) is 1. The number of likely N-dealkylation sites (tertiary alicyclic amines) is 1. The van der Waals surface area contributed by atoms with E-state index in [2.05, 4.69) is 10.2 Å². The molecule has 104 valence electrons. The second kappa shape index (κ2) is 6.06. The zero-order valence-electron chi connectivity index (χ0n) is 11.8. The Bertz CT molecular complexity index is 451. The van der Waals surface area contributed by atoms with Gasteiger partial charge in [0.15, 0.2) is 0 Å². The van der Waals surface area contributed by atoms with E-state index in [4.69, 9.17) is 5.73 Å². The summed E-state index contributed by atoms with van der Waals surface area (Å²) in [6, 6.07) is 5.75. The van der Waals surface area contributed by atoms with Gasteiger partial charge >= 0.3 is 0 Å². The molecule has 0 aliphatic carbocycles. The number of hydrogen-bond acceptors (Lipinski definition) is 3. The number of amides is 1. The maximum absolute atomic E-state index is 11.9. The van der Waals surface area contributed by atoms with Crippen molar-refractivity contribution in [3.05, 3.63) is 29.3 Å². The Morgan fingerprint density at radius 3 is 2.63 bits per heavy atom. The number of nitrogens with two attached hydrogens (primary N) is 1. The van der Waals surface area contributed by atoms with Crippen LogP contribution in [-0.4, -0.2) is 29.9 Å². The van der Waals surface area contributed by atoms with Gasteiger partial charge in [-0.3, -0.25) is 9.69 Å². The van der Waals surface area contributed by atoms with Gasteiger partial charge in [0.2, 0.25) is 0 Å². The van der Waals surface area contributed by atoms with Gasteiger partial charge in [-0.1, -0.05) is 6.07 Å². The SMILES string of the molecule is CC(C)NC(=O)c1ccc(CN2CCCC2)c(N)c1. The van der Waals surface area contributed by atoms with Crippen LogP contribution >= 0.6 is 0 Å².